The van der Waals surface area contributed by atoms with Gasteiger partial charge in [-0.05, 0) is 51.1 Å². The molecule has 3 heterocycles. The number of nitrogens with one attached hydrogen (secondary N) is 1. The molecule has 232 valence electrons. The second kappa shape index (κ2) is 12.2. The number of alkyl halides is 2. The molecule has 2 amide bonds. The van der Waals surface area contributed by atoms with Crippen LogP contribution in [0, 0.1) is 11.6 Å². The first-order valence-corrected chi connectivity index (χ1v) is 13.8. The van der Waals surface area contributed by atoms with Gasteiger partial charge >= 0.3 is 12.7 Å². The van der Waals surface area contributed by atoms with Crippen LogP contribution in [0.25, 0.3) is 16.9 Å². The Balaban J connectivity index is 1.30. The molecule has 1 aliphatic rings. The van der Waals surface area contributed by atoms with E-state index in [-0.39, 0.29) is 39.2 Å². The third kappa shape index (κ3) is 6.49. The van der Waals surface area contributed by atoms with Crippen LogP contribution >= 0.6 is 11.6 Å². The lowest BCUT2D eigenvalue weighted by atomic mass is 10.1. The van der Waals surface area contributed by atoms with Crippen LogP contribution in [0.5, 0.6) is 5.75 Å². The zero-order valence-electron chi connectivity index (χ0n) is 23.8. The Labute approximate surface area is 254 Å². The minimum Gasteiger partial charge on any atom is -0.444 e. The first-order chi connectivity index (χ1) is 20.8. The Bertz CT molecular complexity index is 1720. The first-order valence-electron chi connectivity index (χ1n) is 13.4. The molecule has 1 N–H and O–H groups in total. The fourth-order valence-corrected chi connectivity index (χ4v) is 4.88. The van der Waals surface area contributed by atoms with E-state index in [0.29, 0.717) is 31.9 Å². The summed E-state index contributed by atoms with van der Waals surface area (Å²) in [5.74, 6) is -3.90. The van der Waals surface area contributed by atoms with Crippen molar-refractivity contribution in [3.8, 4) is 17.0 Å². The summed E-state index contributed by atoms with van der Waals surface area (Å²) in [6.45, 7) is 3.33. The number of hydrogen-bond acceptors (Lipinski definition) is 7. The summed E-state index contributed by atoms with van der Waals surface area (Å²) in [5.41, 5.74) is 0.275. The molecular formula is C29H27ClF4N6O4. The molecule has 2 aromatic carbocycles. The molecule has 1 fully saturated rings. The highest BCUT2D eigenvalue weighted by molar-refractivity contribution is 6.34. The van der Waals surface area contributed by atoms with Gasteiger partial charge in [0.25, 0.3) is 5.91 Å². The van der Waals surface area contributed by atoms with Crippen molar-refractivity contribution in [1.29, 1.82) is 0 Å². The number of carbonyl (C=O) groups excluding carboxylic acids is 2. The molecule has 0 atom stereocenters. The summed E-state index contributed by atoms with van der Waals surface area (Å²) in [5, 5.41) is 3.23. The predicted molar refractivity (Wildman–Crippen MR) is 153 cm³/mol. The Kier molecular flexibility index (Phi) is 8.55. The maximum absolute atomic E-state index is 14.8. The Hall–Kier alpha value is -4.59. The van der Waals surface area contributed by atoms with Crippen LogP contribution in [0.3, 0.4) is 0 Å². The summed E-state index contributed by atoms with van der Waals surface area (Å²) >= 11 is 6.49. The van der Waals surface area contributed by atoms with Crippen molar-refractivity contribution >= 4 is 40.8 Å². The van der Waals surface area contributed by atoms with E-state index in [1.165, 1.54) is 29.1 Å². The SMILES string of the molecule is CC(C)(C)OC(=O)N1CCN(C(=O)c2ccc(Nc3nccn4c(-c5ccc(OC(F)F)c(F)c5F)cnc34)cc2Cl)CC1. The molecule has 1 aliphatic heterocycles. The summed E-state index contributed by atoms with van der Waals surface area (Å²) in [7, 11) is 0. The van der Waals surface area contributed by atoms with Crippen LogP contribution in [0.15, 0.2) is 48.9 Å². The van der Waals surface area contributed by atoms with Gasteiger partial charge in [-0.2, -0.15) is 13.2 Å². The first kappa shape index (κ1) is 30.9. The normalized spacial score (nSPS) is 13.8. The summed E-state index contributed by atoms with van der Waals surface area (Å²) in [4.78, 5) is 37.2. The standard InChI is InChI=1S/C29H27ClF4N6O4/c1-29(2,3)44-28(42)39-12-10-38(11-13-39)26(41)17-5-4-16(14-19(17)30)37-24-25-36-15-20(40(25)9-8-35-24)18-6-7-21(43-27(33)34)23(32)22(18)31/h4-9,14-15,27H,10-13H2,1-3H3,(H,35,37). The lowest BCUT2D eigenvalue weighted by molar-refractivity contribution is -0.0525. The largest absolute Gasteiger partial charge is 0.444 e. The molecule has 4 aromatic rings. The third-order valence-electron chi connectivity index (χ3n) is 6.65. The van der Waals surface area contributed by atoms with Gasteiger partial charge in [-0.3, -0.25) is 9.20 Å². The van der Waals surface area contributed by atoms with E-state index in [1.807, 2.05) is 0 Å². The number of piperazine rings is 1. The monoisotopic (exact) mass is 634 g/mol. The Morgan fingerprint density at radius 3 is 2.36 bits per heavy atom. The van der Waals surface area contributed by atoms with Crippen molar-refractivity contribution in [3.63, 3.8) is 0 Å². The van der Waals surface area contributed by atoms with E-state index >= 15 is 0 Å². The van der Waals surface area contributed by atoms with Crippen molar-refractivity contribution in [2.75, 3.05) is 31.5 Å². The smallest absolute Gasteiger partial charge is 0.410 e. The molecule has 10 nitrogen and oxygen atoms in total. The van der Waals surface area contributed by atoms with Gasteiger partial charge in [0, 0.05) is 49.8 Å². The quantitative estimate of drug-likeness (QED) is 0.246. The molecule has 0 aliphatic carbocycles. The summed E-state index contributed by atoms with van der Waals surface area (Å²) in [6.07, 6.45) is 3.73. The van der Waals surface area contributed by atoms with Gasteiger partial charge in [0.2, 0.25) is 5.82 Å². The number of fused-ring (bicyclic) bond motifs is 1. The molecule has 0 radical (unpaired) electrons. The number of nitrogens with zero attached hydrogens (tertiary/aromatic N) is 5. The van der Waals surface area contributed by atoms with Gasteiger partial charge in [-0.1, -0.05) is 11.6 Å². The second-order valence-electron chi connectivity index (χ2n) is 10.8. The lowest BCUT2D eigenvalue weighted by Crippen LogP contribution is -2.51. The number of amides is 2. The molecule has 15 heteroatoms. The van der Waals surface area contributed by atoms with Gasteiger partial charge in [-0.25, -0.2) is 19.2 Å². The molecule has 0 spiro atoms. The van der Waals surface area contributed by atoms with E-state index in [9.17, 15) is 27.2 Å². The molecule has 44 heavy (non-hydrogen) atoms. The van der Waals surface area contributed by atoms with Crippen LogP contribution in [0.4, 0.5) is 33.9 Å². The number of anilines is 2. The average Bonchev–Trinajstić information content (AvgIpc) is 3.39. The minimum absolute atomic E-state index is 0.135. The fourth-order valence-electron chi connectivity index (χ4n) is 4.62. The Morgan fingerprint density at radius 2 is 1.70 bits per heavy atom. The van der Waals surface area contributed by atoms with Crippen molar-refractivity contribution in [2.24, 2.45) is 0 Å². The van der Waals surface area contributed by atoms with Crippen molar-refractivity contribution in [3.05, 3.63) is 71.1 Å². The lowest BCUT2D eigenvalue weighted by Gasteiger charge is -2.35. The number of hydrogen-bond donors (Lipinski definition) is 1. The second-order valence-corrected chi connectivity index (χ2v) is 11.2. The van der Waals surface area contributed by atoms with E-state index in [1.54, 1.807) is 42.7 Å². The van der Waals surface area contributed by atoms with E-state index in [0.717, 1.165) is 12.1 Å². The molecule has 0 saturated carbocycles. The van der Waals surface area contributed by atoms with E-state index in [4.69, 9.17) is 16.3 Å². The number of halogens is 5. The maximum atomic E-state index is 14.8. The highest BCUT2D eigenvalue weighted by atomic mass is 35.5. The van der Waals surface area contributed by atoms with Crippen molar-refractivity contribution in [1.82, 2.24) is 24.2 Å². The number of rotatable bonds is 6. The van der Waals surface area contributed by atoms with Crippen LogP contribution in [-0.4, -0.2) is 74.6 Å². The number of aromatic nitrogens is 3. The van der Waals surface area contributed by atoms with Gasteiger partial charge in [-0.15, -0.1) is 0 Å². The van der Waals surface area contributed by atoms with E-state index in [2.05, 4.69) is 20.0 Å². The van der Waals surface area contributed by atoms with Gasteiger partial charge in [0.05, 0.1) is 22.5 Å². The van der Waals surface area contributed by atoms with Crippen LogP contribution in [0.2, 0.25) is 5.02 Å². The summed E-state index contributed by atoms with van der Waals surface area (Å²) in [6, 6.07) is 6.75. The highest BCUT2D eigenvalue weighted by Crippen LogP contribution is 2.33. The number of carbonyl (C=O) groups is 2. The molecule has 0 bridgehead atoms. The Morgan fingerprint density at radius 1 is 1.00 bits per heavy atom. The third-order valence-corrected chi connectivity index (χ3v) is 6.96. The van der Waals surface area contributed by atoms with E-state index < -0.39 is 35.7 Å². The fraction of sp³-hybridized carbons (Fsp3) is 0.310. The molecule has 1 saturated heterocycles. The van der Waals surface area contributed by atoms with Gasteiger partial charge in [0.1, 0.15) is 5.60 Å². The van der Waals surface area contributed by atoms with Crippen LogP contribution in [-0.2, 0) is 4.74 Å². The number of ether oxygens (including phenoxy) is 2. The van der Waals surface area contributed by atoms with Gasteiger partial charge in [0.15, 0.2) is 23.0 Å². The van der Waals surface area contributed by atoms with Gasteiger partial charge < -0.3 is 24.6 Å². The average molecular weight is 635 g/mol. The maximum Gasteiger partial charge on any atom is 0.410 e. The zero-order valence-corrected chi connectivity index (χ0v) is 24.5. The summed E-state index contributed by atoms with van der Waals surface area (Å²) < 4.78 is 65.1. The van der Waals surface area contributed by atoms with Crippen molar-refractivity contribution < 1.29 is 36.6 Å². The topological polar surface area (TPSA) is 101 Å². The molecule has 5 rings (SSSR count). The van der Waals surface area contributed by atoms with Crippen molar-refractivity contribution in [2.45, 2.75) is 33.0 Å². The van der Waals surface area contributed by atoms with Crippen LogP contribution < -0.4 is 10.1 Å². The minimum atomic E-state index is -3.31. The molecule has 2 aromatic heterocycles. The number of benzene rings is 2. The molecule has 0 unspecified atom stereocenters. The highest BCUT2D eigenvalue weighted by Gasteiger charge is 2.29. The molecular weight excluding hydrogens is 608 g/mol. The number of imidazole rings is 1. The predicted octanol–water partition coefficient (Wildman–Crippen LogP) is 6.37. The zero-order chi connectivity index (χ0) is 31.8. The van der Waals surface area contributed by atoms with Crippen LogP contribution in [0.1, 0.15) is 31.1 Å².